The summed E-state index contributed by atoms with van der Waals surface area (Å²) < 4.78 is 15.9. The minimum absolute atomic E-state index is 0.129. The lowest BCUT2D eigenvalue weighted by molar-refractivity contribution is 0.475. The molecule has 4 N–H and O–H groups in total. The minimum Gasteiger partial charge on any atom is -0.506 e. The van der Waals surface area contributed by atoms with E-state index in [9.17, 15) is 9.50 Å². The zero-order chi connectivity index (χ0) is 20.4. The topological polar surface area (TPSA) is 92.8 Å². The first-order valence-corrected chi connectivity index (χ1v) is 9.78. The Balaban J connectivity index is 1.55. The second kappa shape index (κ2) is 6.06. The van der Waals surface area contributed by atoms with Crippen molar-refractivity contribution < 1.29 is 9.50 Å². The van der Waals surface area contributed by atoms with Crippen LogP contribution in [0.2, 0.25) is 0 Å². The van der Waals surface area contributed by atoms with Crippen LogP contribution in [0.1, 0.15) is 17.2 Å². The minimum atomic E-state index is -0.487. The number of nitrogens with zero attached hydrogens (tertiary/aromatic N) is 3. The second-order valence-corrected chi connectivity index (χ2v) is 7.81. The number of nitrogens with one attached hydrogen (secondary N) is 1. The van der Waals surface area contributed by atoms with Crippen molar-refractivity contribution in [3.05, 3.63) is 71.9 Å². The highest BCUT2D eigenvalue weighted by molar-refractivity contribution is 6.02. The standard InChI is InChI=1S/C23H18FN5O/c24-15-5-14-8-18(28-21(14)19(30)9-15)17-10-29(23-20(17)22(25)26-11-27-23)16-6-12-3-1-2-4-13(12)7-16/h1-5,8-11,16,28,30H,6-7H2,(H2,25,26,27). The maximum Gasteiger partial charge on any atom is 0.146 e. The summed E-state index contributed by atoms with van der Waals surface area (Å²) in [6, 6.07) is 13.0. The van der Waals surface area contributed by atoms with Crippen molar-refractivity contribution in [3.8, 4) is 17.0 Å². The maximum atomic E-state index is 13.7. The van der Waals surface area contributed by atoms with Crippen molar-refractivity contribution in [1.29, 1.82) is 0 Å². The monoisotopic (exact) mass is 399 g/mol. The average Bonchev–Trinajstić information content (AvgIpc) is 3.42. The van der Waals surface area contributed by atoms with Crippen LogP contribution in [0.4, 0.5) is 10.2 Å². The molecule has 30 heavy (non-hydrogen) atoms. The summed E-state index contributed by atoms with van der Waals surface area (Å²) in [7, 11) is 0. The largest absolute Gasteiger partial charge is 0.506 e. The van der Waals surface area contributed by atoms with Crippen molar-refractivity contribution in [2.75, 3.05) is 5.73 Å². The third kappa shape index (κ3) is 2.41. The molecule has 1 aliphatic carbocycles. The molecule has 0 atom stereocenters. The summed E-state index contributed by atoms with van der Waals surface area (Å²) in [6.07, 6.45) is 5.35. The number of phenols is 1. The van der Waals surface area contributed by atoms with Crippen LogP contribution in [0.3, 0.4) is 0 Å². The van der Waals surface area contributed by atoms with Gasteiger partial charge in [-0.25, -0.2) is 14.4 Å². The van der Waals surface area contributed by atoms with Gasteiger partial charge in [0.1, 0.15) is 29.4 Å². The molecule has 2 aromatic carbocycles. The van der Waals surface area contributed by atoms with E-state index in [1.165, 1.54) is 23.5 Å². The number of nitrogen functional groups attached to an aromatic ring is 1. The molecule has 148 valence electrons. The molecule has 0 spiro atoms. The van der Waals surface area contributed by atoms with Gasteiger partial charge in [0.2, 0.25) is 0 Å². The Morgan fingerprint density at radius 1 is 1.10 bits per heavy atom. The molecule has 0 bridgehead atoms. The van der Waals surface area contributed by atoms with E-state index in [1.807, 2.05) is 12.3 Å². The number of H-pyrrole nitrogens is 1. The number of halogens is 1. The van der Waals surface area contributed by atoms with Crippen LogP contribution in [-0.2, 0) is 12.8 Å². The lowest BCUT2D eigenvalue weighted by Gasteiger charge is -2.12. The number of benzene rings is 2. The van der Waals surface area contributed by atoms with E-state index >= 15 is 0 Å². The van der Waals surface area contributed by atoms with Gasteiger partial charge in [0.25, 0.3) is 0 Å². The van der Waals surface area contributed by atoms with Gasteiger partial charge in [-0.1, -0.05) is 24.3 Å². The Morgan fingerprint density at radius 3 is 2.63 bits per heavy atom. The zero-order valence-electron chi connectivity index (χ0n) is 15.9. The Kier molecular flexibility index (Phi) is 3.44. The molecule has 5 aromatic rings. The van der Waals surface area contributed by atoms with E-state index in [4.69, 9.17) is 5.73 Å². The Labute approximate surface area is 170 Å². The lowest BCUT2D eigenvalue weighted by atomic mass is 10.1. The lowest BCUT2D eigenvalue weighted by Crippen LogP contribution is -2.08. The molecule has 6 rings (SSSR count). The van der Waals surface area contributed by atoms with E-state index < -0.39 is 5.82 Å². The van der Waals surface area contributed by atoms with Gasteiger partial charge in [0.05, 0.1) is 10.9 Å². The number of aromatic hydroxyl groups is 1. The van der Waals surface area contributed by atoms with Crippen molar-refractivity contribution in [2.24, 2.45) is 0 Å². The predicted octanol–water partition coefficient (Wildman–Crippen LogP) is 4.35. The van der Waals surface area contributed by atoms with Crippen LogP contribution in [0.15, 0.2) is 55.0 Å². The van der Waals surface area contributed by atoms with Crippen LogP contribution < -0.4 is 5.73 Å². The number of fused-ring (bicyclic) bond motifs is 3. The third-order valence-corrected chi connectivity index (χ3v) is 6.02. The number of aromatic amines is 1. The SMILES string of the molecule is Nc1ncnc2c1c(-c1cc3cc(F)cc(O)c3[nH]1)cn2C1Cc2ccccc2C1. The van der Waals surface area contributed by atoms with Gasteiger partial charge in [0.15, 0.2) is 0 Å². The highest BCUT2D eigenvalue weighted by Gasteiger charge is 2.26. The van der Waals surface area contributed by atoms with E-state index in [0.717, 1.165) is 41.2 Å². The molecule has 7 heteroatoms. The molecule has 1 aliphatic rings. The molecule has 3 heterocycles. The number of nitrogens with two attached hydrogens (primary N) is 1. The van der Waals surface area contributed by atoms with Crippen LogP contribution in [0.5, 0.6) is 5.75 Å². The first kappa shape index (κ1) is 17.0. The fourth-order valence-corrected chi connectivity index (χ4v) is 4.66. The van der Waals surface area contributed by atoms with Gasteiger partial charge >= 0.3 is 0 Å². The van der Waals surface area contributed by atoms with E-state index in [1.54, 1.807) is 0 Å². The molecule has 0 saturated heterocycles. The van der Waals surface area contributed by atoms with Gasteiger partial charge in [-0.15, -0.1) is 0 Å². The number of phenolic OH excluding ortho intramolecular Hbond substituents is 1. The zero-order valence-corrected chi connectivity index (χ0v) is 15.9. The van der Waals surface area contributed by atoms with Crippen molar-refractivity contribution >= 4 is 27.8 Å². The molecule has 0 aliphatic heterocycles. The quantitative estimate of drug-likeness (QED) is 0.412. The van der Waals surface area contributed by atoms with Crippen LogP contribution in [-0.4, -0.2) is 24.6 Å². The van der Waals surface area contributed by atoms with E-state index in [0.29, 0.717) is 16.7 Å². The van der Waals surface area contributed by atoms with Gasteiger partial charge in [-0.3, -0.25) is 0 Å². The van der Waals surface area contributed by atoms with E-state index in [-0.39, 0.29) is 11.8 Å². The highest BCUT2D eigenvalue weighted by atomic mass is 19.1. The fourth-order valence-electron chi connectivity index (χ4n) is 4.66. The van der Waals surface area contributed by atoms with Gasteiger partial charge in [-0.2, -0.15) is 0 Å². The molecule has 3 aromatic heterocycles. The summed E-state index contributed by atoms with van der Waals surface area (Å²) in [4.78, 5) is 11.9. The predicted molar refractivity (Wildman–Crippen MR) is 114 cm³/mol. The number of aromatic nitrogens is 4. The number of rotatable bonds is 2. The Hall–Kier alpha value is -3.87. The Bertz CT molecular complexity index is 1430. The summed E-state index contributed by atoms with van der Waals surface area (Å²) >= 11 is 0. The first-order chi connectivity index (χ1) is 14.6. The summed E-state index contributed by atoms with van der Waals surface area (Å²) in [5.74, 6) is -0.228. The normalized spacial score (nSPS) is 14.0. The molecule has 0 unspecified atom stereocenters. The van der Waals surface area contributed by atoms with Gasteiger partial charge in [0, 0.05) is 34.9 Å². The molecule has 0 fully saturated rings. The third-order valence-electron chi connectivity index (χ3n) is 6.02. The maximum absolute atomic E-state index is 13.7. The molecular formula is C23H18FN5O. The van der Waals surface area contributed by atoms with Crippen molar-refractivity contribution in [3.63, 3.8) is 0 Å². The smallest absolute Gasteiger partial charge is 0.146 e. The molecule has 0 saturated carbocycles. The van der Waals surface area contributed by atoms with Gasteiger partial charge in [-0.05, 0) is 36.1 Å². The second-order valence-electron chi connectivity index (χ2n) is 7.81. The summed E-state index contributed by atoms with van der Waals surface area (Å²) in [5.41, 5.74) is 11.8. The number of hydrogen-bond acceptors (Lipinski definition) is 4. The van der Waals surface area contributed by atoms with Crippen molar-refractivity contribution in [2.45, 2.75) is 18.9 Å². The molecular weight excluding hydrogens is 381 g/mol. The average molecular weight is 399 g/mol. The number of anilines is 1. The molecule has 0 radical (unpaired) electrons. The number of hydrogen-bond donors (Lipinski definition) is 3. The Morgan fingerprint density at radius 2 is 1.87 bits per heavy atom. The van der Waals surface area contributed by atoms with Crippen LogP contribution in [0.25, 0.3) is 33.2 Å². The van der Waals surface area contributed by atoms with Gasteiger partial charge < -0.3 is 20.4 Å². The molecule has 0 amide bonds. The van der Waals surface area contributed by atoms with E-state index in [2.05, 4.69) is 43.8 Å². The highest BCUT2D eigenvalue weighted by Crippen LogP contribution is 2.39. The van der Waals surface area contributed by atoms with Crippen molar-refractivity contribution in [1.82, 2.24) is 19.5 Å². The van der Waals surface area contributed by atoms with Crippen LogP contribution in [0, 0.1) is 5.82 Å². The molecule has 6 nitrogen and oxygen atoms in total. The fraction of sp³-hybridized carbons (Fsp3) is 0.130. The summed E-state index contributed by atoms with van der Waals surface area (Å²) in [6.45, 7) is 0. The summed E-state index contributed by atoms with van der Waals surface area (Å²) in [5, 5.41) is 11.5. The van der Waals surface area contributed by atoms with Crippen LogP contribution >= 0.6 is 0 Å². The first-order valence-electron chi connectivity index (χ1n) is 9.78.